The molecule has 8 heteroatoms. The molecule has 0 radical (unpaired) electrons. The van der Waals surface area contributed by atoms with Crippen LogP contribution >= 0.6 is 23.8 Å². The first kappa shape index (κ1) is 19.4. The predicted octanol–water partition coefficient (Wildman–Crippen LogP) is 4.44. The Kier molecular flexibility index (Phi) is 5.68. The van der Waals surface area contributed by atoms with Crippen molar-refractivity contribution < 1.29 is 9.15 Å². The smallest absolute Gasteiger partial charge is 0.199 e. The van der Waals surface area contributed by atoms with E-state index in [0.29, 0.717) is 35.7 Å². The number of furan rings is 1. The van der Waals surface area contributed by atoms with Crippen molar-refractivity contribution in [1.29, 1.82) is 0 Å². The number of hydrogen-bond acceptors (Lipinski definition) is 5. The normalized spacial score (nSPS) is 20.5. The second kappa shape index (κ2) is 8.21. The molecule has 2 aromatic heterocycles. The Labute approximate surface area is 174 Å². The first-order valence-electron chi connectivity index (χ1n) is 9.33. The lowest BCUT2D eigenvalue weighted by molar-refractivity contribution is -0.0625. The number of ether oxygens (including phenoxy) is 1. The van der Waals surface area contributed by atoms with Crippen molar-refractivity contribution in [3.05, 3.63) is 58.2 Å². The van der Waals surface area contributed by atoms with E-state index in [9.17, 15) is 0 Å². The van der Waals surface area contributed by atoms with Crippen molar-refractivity contribution in [2.75, 3.05) is 13.2 Å². The number of hydrogen-bond donors (Lipinski definition) is 0. The third-order valence-electron chi connectivity index (χ3n) is 4.97. The molecule has 1 aliphatic rings. The fourth-order valence-corrected chi connectivity index (χ4v) is 3.76. The van der Waals surface area contributed by atoms with Gasteiger partial charge < -0.3 is 9.15 Å². The zero-order valence-electron chi connectivity index (χ0n) is 15.9. The molecule has 1 saturated heterocycles. The Hall–Kier alpha value is -1.93. The maximum atomic E-state index is 6.06. The van der Waals surface area contributed by atoms with Gasteiger partial charge in [-0.2, -0.15) is 5.10 Å². The largest absolute Gasteiger partial charge is 0.467 e. The van der Waals surface area contributed by atoms with Crippen LogP contribution in [0.5, 0.6) is 0 Å². The molecule has 0 spiro atoms. The zero-order valence-corrected chi connectivity index (χ0v) is 17.5. The summed E-state index contributed by atoms with van der Waals surface area (Å²) in [6, 6.07) is 11.8. The van der Waals surface area contributed by atoms with Gasteiger partial charge in [0.15, 0.2) is 10.6 Å². The van der Waals surface area contributed by atoms with E-state index in [1.807, 2.05) is 45.6 Å². The molecule has 0 bridgehead atoms. The van der Waals surface area contributed by atoms with Crippen LogP contribution in [0.25, 0.3) is 11.4 Å². The molecule has 148 valence electrons. The van der Waals surface area contributed by atoms with Gasteiger partial charge >= 0.3 is 0 Å². The lowest BCUT2D eigenvalue weighted by atomic mass is 10.2. The molecule has 1 aromatic carbocycles. The van der Waals surface area contributed by atoms with E-state index in [1.54, 1.807) is 6.26 Å². The molecule has 1 fully saturated rings. The molecule has 3 heterocycles. The molecule has 3 aromatic rings. The van der Waals surface area contributed by atoms with Gasteiger partial charge in [-0.15, -0.1) is 0 Å². The second-order valence-electron chi connectivity index (χ2n) is 7.18. The van der Waals surface area contributed by atoms with Crippen LogP contribution in [-0.4, -0.2) is 44.5 Å². The highest BCUT2D eigenvalue weighted by Gasteiger charge is 2.25. The third-order valence-corrected chi connectivity index (χ3v) is 5.65. The Morgan fingerprint density at radius 3 is 2.71 bits per heavy atom. The Morgan fingerprint density at radius 1 is 1.21 bits per heavy atom. The van der Waals surface area contributed by atoms with E-state index >= 15 is 0 Å². The first-order valence-corrected chi connectivity index (χ1v) is 10.1. The number of morpholine rings is 1. The average Bonchev–Trinajstić information content (AvgIpc) is 3.29. The van der Waals surface area contributed by atoms with E-state index in [0.717, 1.165) is 23.7 Å². The number of benzene rings is 1. The Balaban J connectivity index is 1.71. The van der Waals surface area contributed by atoms with E-state index in [4.69, 9.17) is 38.1 Å². The maximum Gasteiger partial charge on any atom is 0.199 e. The van der Waals surface area contributed by atoms with Gasteiger partial charge in [-0.1, -0.05) is 11.6 Å². The van der Waals surface area contributed by atoms with Gasteiger partial charge in [0.2, 0.25) is 0 Å². The lowest BCUT2D eigenvalue weighted by Crippen LogP contribution is -2.47. The van der Waals surface area contributed by atoms with Crippen molar-refractivity contribution in [2.24, 2.45) is 0 Å². The summed E-state index contributed by atoms with van der Waals surface area (Å²) < 4.78 is 15.8. The summed E-state index contributed by atoms with van der Waals surface area (Å²) >= 11 is 11.8. The molecule has 2 atom stereocenters. The van der Waals surface area contributed by atoms with Crippen molar-refractivity contribution in [1.82, 2.24) is 19.2 Å². The maximum absolute atomic E-state index is 6.06. The standard InChI is InChI=1S/C20H23ClN4O2S/c1-14-12-27-15(2)10-23(14)13-25-20(28)24(11-18-4-3-9-26-18)19(22-25)16-5-7-17(21)8-6-16/h3-9,14-15H,10-13H2,1-2H3. The Morgan fingerprint density at radius 2 is 2.00 bits per heavy atom. The van der Waals surface area contributed by atoms with Crippen LogP contribution in [0.4, 0.5) is 0 Å². The molecule has 6 nitrogen and oxygen atoms in total. The van der Waals surface area contributed by atoms with E-state index in [1.165, 1.54) is 0 Å². The van der Waals surface area contributed by atoms with E-state index in [-0.39, 0.29) is 6.10 Å². The van der Waals surface area contributed by atoms with Gasteiger partial charge in [-0.05, 0) is 62.5 Å². The molecule has 0 amide bonds. The lowest BCUT2D eigenvalue weighted by Gasteiger charge is -2.36. The van der Waals surface area contributed by atoms with Gasteiger partial charge in [0.25, 0.3) is 0 Å². The molecule has 0 N–H and O–H groups in total. The minimum atomic E-state index is 0.200. The summed E-state index contributed by atoms with van der Waals surface area (Å²) in [4.78, 5) is 2.35. The monoisotopic (exact) mass is 418 g/mol. The van der Waals surface area contributed by atoms with Crippen molar-refractivity contribution in [3.8, 4) is 11.4 Å². The van der Waals surface area contributed by atoms with Crippen LogP contribution < -0.4 is 0 Å². The van der Waals surface area contributed by atoms with Crippen LogP contribution in [0.15, 0.2) is 47.1 Å². The molecule has 2 unspecified atom stereocenters. The predicted molar refractivity (Wildman–Crippen MR) is 111 cm³/mol. The molecule has 1 aliphatic heterocycles. The molecule has 28 heavy (non-hydrogen) atoms. The van der Waals surface area contributed by atoms with Gasteiger partial charge in [0.1, 0.15) is 5.76 Å². The SMILES string of the molecule is CC1CN(Cn2nc(-c3ccc(Cl)cc3)n(Cc3ccco3)c2=S)C(C)CO1. The van der Waals surface area contributed by atoms with Gasteiger partial charge in [0, 0.05) is 23.2 Å². The van der Waals surface area contributed by atoms with Crippen molar-refractivity contribution in [3.63, 3.8) is 0 Å². The molecule has 0 aliphatic carbocycles. The number of nitrogens with zero attached hydrogens (tertiary/aromatic N) is 4. The molecular formula is C20H23ClN4O2S. The highest BCUT2D eigenvalue weighted by molar-refractivity contribution is 7.71. The van der Waals surface area contributed by atoms with Crippen LogP contribution in [0.2, 0.25) is 5.02 Å². The third kappa shape index (κ3) is 4.07. The minimum Gasteiger partial charge on any atom is -0.467 e. The first-order chi connectivity index (χ1) is 13.5. The van der Waals surface area contributed by atoms with Crippen LogP contribution in [0.3, 0.4) is 0 Å². The van der Waals surface area contributed by atoms with Crippen LogP contribution in [0, 0.1) is 4.77 Å². The second-order valence-corrected chi connectivity index (χ2v) is 7.99. The average molecular weight is 419 g/mol. The van der Waals surface area contributed by atoms with Crippen molar-refractivity contribution >= 4 is 23.8 Å². The van der Waals surface area contributed by atoms with Crippen LogP contribution in [-0.2, 0) is 18.0 Å². The molecular weight excluding hydrogens is 396 g/mol. The molecule has 0 saturated carbocycles. The fraction of sp³-hybridized carbons (Fsp3) is 0.400. The summed E-state index contributed by atoms with van der Waals surface area (Å²) in [7, 11) is 0. The van der Waals surface area contributed by atoms with E-state index < -0.39 is 0 Å². The zero-order chi connectivity index (χ0) is 19.7. The summed E-state index contributed by atoms with van der Waals surface area (Å²) in [6.45, 7) is 6.97. The van der Waals surface area contributed by atoms with Gasteiger partial charge in [0.05, 0.1) is 32.2 Å². The number of aromatic nitrogens is 3. The van der Waals surface area contributed by atoms with Gasteiger partial charge in [-0.3, -0.25) is 9.47 Å². The van der Waals surface area contributed by atoms with E-state index in [2.05, 4.69) is 18.7 Å². The number of halogens is 1. The fourth-order valence-electron chi connectivity index (χ4n) is 3.39. The minimum absolute atomic E-state index is 0.200. The van der Waals surface area contributed by atoms with Crippen LogP contribution in [0.1, 0.15) is 19.6 Å². The van der Waals surface area contributed by atoms with Crippen molar-refractivity contribution in [2.45, 2.75) is 39.2 Å². The summed E-state index contributed by atoms with van der Waals surface area (Å²) in [6.07, 6.45) is 1.87. The highest BCUT2D eigenvalue weighted by atomic mass is 35.5. The molecule has 4 rings (SSSR count). The summed E-state index contributed by atoms with van der Waals surface area (Å²) in [5, 5.41) is 5.54. The number of rotatable bonds is 5. The summed E-state index contributed by atoms with van der Waals surface area (Å²) in [5.41, 5.74) is 0.962. The summed E-state index contributed by atoms with van der Waals surface area (Å²) in [5.74, 6) is 1.63. The Bertz CT molecular complexity index is 981. The van der Waals surface area contributed by atoms with Gasteiger partial charge in [-0.25, -0.2) is 4.68 Å². The topological polar surface area (TPSA) is 48.4 Å². The quantitative estimate of drug-likeness (QED) is 0.573. The highest BCUT2D eigenvalue weighted by Crippen LogP contribution is 2.23.